The number of aliphatic carboxylic acids is 1. The Balaban J connectivity index is 1.97. The zero-order chi connectivity index (χ0) is 17.2. The number of hydrogen-bond acceptors (Lipinski definition) is 4. The molecule has 1 aliphatic heterocycles. The molecular formula is C15H17BrFNO5. The van der Waals surface area contributed by atoms with Crippen molar-refractivity contribution in [1.82, 2.24) is 4.90 Å². The minimum atomic E-state index is -1.78. The maximum absolute atomic E-state index is 13.0. The van der Waals surface area contributed by atoms with Crippen LogP contribution in [0.5, 0.6) is 5.75 Å². The molecule has 0 aromatic heterocycles. The van der Waals surface area contributed by atoms with Crippen LogP contribution >= 0.6 is 15.9 Å². The Labute approximate surface area is 141 Å². The monoisotopic (exact) mass is 389 g/mol. The maximum Gasteiger partial charge on any atom is 0.335 e. The number of piperidine rings is 1. The van der Waals surface area contributed by atoms with Gasteiger partial charge in [0.15, 0.2) is 11.7 Å². The van der Waals surface area contributed by atoms with Gasteiger partial charge in [0.05, 0.1) is 4.47 Å². The third kappa shape index (κ3) is 4.00. The summed E-state index contributed by atoms with van der Waals surface area (Å²) < 4.78 is 19.0. The minimum absolute atomic E-state index is 0.0267. The molecule has 1 aromatic carbocycles. The fraction of sp³-hybridized carbons (Fsp3) is 0.467. The molecule has 1 aliphatic rings. The van der Waals surface area contributed by atoms with Gasteiger partial charge in [-0.25, -0.2) is 9.18 Å². The molecular weight excluding hydrogens is 373 g/mol. The van der Waals surface area contributed by atoms with Gasteiger partial charge in [0.25, 0.3) is 5.91 Å². The number of nitrogens with zero attached hydrogens (tertiary/aromatic N) is 1. The summed E-state index contributed by atoms with van der Waals surface area (Å²) in [6.45, 7) is 1.84. The molecule has 23 heavy (non-hydrogen) atoms. The standard InChI is InChI=1S/C15H17BrFNO5/c1-9(23-12-3-2-10(17)8-11(12)16)13(19)18-6-4-15(22,5-7-18)14(20)21/h2-3,8-9,22H,4-7H2,1H3,(H,20,21). The maximum atomic E-state index is 13.0. The summed E-state index contributed by atoms with van der Waals surface area (Å²) in [5.41, 5.74) is -1.78. The molecule has 1 aromatic rings. The molecule has 2 rings (SSSR count). The number of halogens is 2. The summed E-state index contributed by atoms with van der Waals surface area (Å²) in [5, 5.41) is 18.8. The van der Waals surface area contributed by atoms with Crippen LogP contribution in [0.4, 0.5) is 4.39 Å². The fourth-order valence-electron chi connectivity index (χ4n) is 2.38. The Bertz CT molecular complexity index is 616. The van der Waals surface area contributed by atoms with Gasteiger partial charge >= 0.3 is 5.97 Å². The van der Waals surface area contributed by atoms with Crippen molar-refractivity contribution in [1.29, 1.82) is 0 Å². The van der Waals surface area contributed by atoms with Gasteiger partial charge in [-0.15, -0.1) is 0 Å². The van der Waals surface area contributed by atoms with Crippen LogP contribution < -0.4 is 4.74 Å². The first-order valence-electron chi connectivity index (χ1n) is 7.09. The molecule has 1 heterocycles. The number of likely N-dealkylation sites (tertiary alicyclic amines) is 1. The van der Waals surface area contributed by atoms with Crippen LogP contribution in [0.15, 0.2) is 22.7 Å². The van der Waals surface area contributed by atoms with Crippen LogP contribution in [0.2, 0.25) is 0 Å². The normalized spacial score (nSPS) is 18.3. The Morgan fingerprint density at radius 3 is 2.52 bits per heavy atom. The van der Waals surface area contributed by atoms with E-state index in [1.807, 2.05) is 0 Å². The molecule has 0 saturated carbocycles. The SMILES string of the molecule is CC(Oc1ccc(F)cc1Br)C(=O)N1CCC(O)(C(=O)O)CC1. The molecule has 126 valence electrons. The number of rotatable bonds is 4. The second-order valence-corrected chi connectivity index (χ2v) is 6.35. The van der Waals surface area contributed by atoms with E-state index in [-0.39, 0.29) is 31.8 Å². The number of carboxylic acids is 1. The molecule has 1 unspecified atom stereocenters. The van der Waals surface area contributed by atoms with E-state index >= 15 is 0 Å². The van der Waals surface area contributed by atoms with E-state index in [0.717, 1.165) is 0 Å². The van der Waals surface area contributed by atoms with E-state index in [1.165, 1.54) is 23.1 Å². The first-order chi connectivity index (χ1) is 10.7. The van der Waals surface area contributed by atoms with Gasteiger partial charge in [-0.2, -0.15) is 0 Å². The molecule has 1 amide bonds. The fourth-order valence-corrected chi connectivity index (χ4v) is 2.82. The molecule has 0 radical (unpaired) electrons. The van der Waals surface area contributed by atoms with Crippen molar-refractivity contribution in [2.75, 3.05) is 13.1 Å². The van der Waals surface area contributed by atoms with Gasteiger partial charge in [-0.3, -0.25) is 4.79 Å². The van der Waals surface area contributed by atoms with Crippen LogP contribution in [0, 0.1) is 5.82 Å². The second-order valence-electron chi connectivity index (χ2n) is 5.50. The van der Waals surface area contributed by atoms with Crippen molar-refractivity contribution in [2.45, 2.75) is 31.5 Å². The minimum Gasteiger partial charge on any atom is -0.480 e. The lowest BCUT2D eigenvalue weighted by atomic mass is 9.91. The molecule has 8 heteroatoms. The number of benzene rings is 1. The first-order valence-corrected chi connectivity index (χ1v) is 7.88. The van der Waals surface area contributed by atoms with E-state index in [2.05, 4.69) is 15.9 Å². The molecule has 1 saturated heterocycles. The van der Waals surface area contributed by atoms with Crippen LogP contribution in [-0.2, 0) is 9.59 Å². The highest BCUT2D eigenvalue weighted by molar-refractivity contribution is 9.10. The second kappa shape index (κ2) is 6.84. The topological polar surface area (TPSA) is 87.1 Å². The Morgan fingerprint density at radius 1 is 1.39 bits per heavy atom. The summed E-state index contributed by atoms with van der Waals surface area (Å²) in [7, 11) is 0. The molecule has 6 nitrogen and oxygen atoms in total. The van der Waals surface area contributed by atoms with Crippen LogP contribution in [0.1, 0.15) is 19.8 Å². The molecule has 1 fully saturated rings. The number of aliphatic hydroxyl groups is 1. The number of carboxylic acid groups (broad SMARTS) is 1. The van der Waals surface area contributed by atoms with Crippen molar-refractivity contribution < 1.29 is 28.9 Å². The molecule has 1 atom stereocenters. The van der Waals surface area contributed by atoms with Crippen molar-refractivity contribution in [3.63, 3.8) is 0 Å². The number of hydrogen-bond donors (Lipinski definition) is 2. The van der Waals surface area contributed by atoms with E-state index in [4.69, 9.17) is 9.84 Å². The van der Waals surface area contributed by atoms with Crippen molar-refractivity contribution in [2.24, 2.45) is 0 Å². The van der Waals surface area contributed by atoms with Gasteiger partial charge in [-0.05, 0) is 41.1 Å². The van der Waals surface area contributed by atoms with Crippen LogP contribution in [-0.4, -0.2) is 51.8 Å². The van der Waals surface area contributed by atoms with Crippen molar-refractivity contribution in [3.8, 4) is 5.75 Å². The predicted molar refractivity (Wildman–Crippen MR) is 82.6 cm³/mol. The number of ether oxygens (including phenoxy) is 1. The van der Waals surface area contributed by atoms with E-state index < -0.39 is 23.5 Å². The zero-order valence-corrected chi connectivity index (χ0v) is 14.0. The molecule has 2 N–H and O–H groups in total. The van der Waals surface area contributed by atoms with Crippen LogP contribution in [0.25, 0.3) is 0 Å². The average molecular weight is 390 g/mol. The van der Waals surface area contributed by atoms with Gasteiger partial charge in [0.2, 0.25) is 0 Å². The smallest absolute Gasteiger partial charge is 0.335 e. The Morgan fingerprint density at radius 2 is 2.00 bits per heavy atom. The summed E-state index contributed by atoms with van der Waals surface area (Å²) >= 11 is 3.16. The number of carbonyl (C=O) groups excluding carboxylic acids is 1. The largest absolute Gasteiger partial charge is 0.480 e. The highest BCUT2D eigenvalue weighted by atomic mass is 79.9. The summed E-state index contributed by atoms with van der Waals surface area (Å²) in [6, 6.07) is 3.88. The highest BCUT2D eigenvalue weighted by Gasteiger charge is 2.41. The van der Waals surface area contributed by atoms with Gasteiger partial charge < -0.3 is 19.8 Å². The average Bonchev–Trinajstić information content (AvgIpc) is 2.50. The Hall–Kier alpha value is -1.67. The van der Waals surface area contributed by atoms with Crippen molar-refractivity contribution >= 4 is 27.8 Å². The van der Waals surface area contributed by atoms with Crippen LogP contribution in [0.3, 0.4) is 0 Å². The highest BCUT2D eigenvalue weighted by Crippen LogP contribution is 2.27. The van der Waals surface area contributed by atoms with Gasteiger partial charge in [0.1, 0.15) is 11.6 Å². The lowest BCUT2D eigenvalue weighted by Gasteiger charge is -2.36. The van der Waals surface area contributed by atoms with Crippen molar-refractivity contribution in [3.05, 3.63) is 28.5 Å². The lowest BCUT2D eigenvalue weighted by Crippen LogP contribution is -2.53. The van der Waals surface area contributed by atoms with E-state index in [0.29, 0.717) is 10.2 Å². The number of amides is 1. The summed E-state index contributed by atoms with van der Waals surface area (Å²) in [5.74, 6) is -1.67. The van der Waals surface area contributed by atoms with E-state index in [9.17, 15) is 19.1 Å². The predicted octanol–water partition coefficient (Wildman–Crippen LogP) is 1.79. The quantitative estimate of drug-likeness (QED) is 0.819. The molecule has 0 spiro atoms. The first kappa shape index (κ1) is 17.7. The number of carbonyl (C=O) groups is 2. The third-order valence-electron chi connectivity index (χ3n) is 3.85. The molecule has 0 aliphatic carbocycles. The summed E-state index contributed by atoms with van der Waals surface area (Å²) in [6.07, 6.45) is -0.866. The lowest BCUT2D eigenvalue weighted by molar-refractivity contribution is -0.166. The zero-order valence-electron chi connectivity index (χ0n) is 12.5. The van der Waals surface area contributed by atoms with E-state index in [1.54, 1.807) is 6.92 Å². The summed E-state index contributed by atoms with van der Waals surface area (Å²) in [4.78, 5) is 24.8. The van der Waals surface area contributed by atoms with Gasteiger partial charge in [-0.1, -0.05) is 0 Å². The third-order valence-corrected chi connectivity index (χ3v) is 4.47. The molecule has 0 bridgehead atoms. The Kier molecular flexibility index (Phi) is 5.26. The van der Waals surface area contributed by atoms with Gasteiger partial charge in [0, 0.05) is 25.9 Å².